The number of anilines is 1. The summed E-state index contributed by atoms with van der Waals surface area (Å²) in [4.78, 5) is 12.6. The minimum Gasteiger partial charge on any atom is -0.420 e. The van der Waals surface area contributed by atoms with Crippen molar-refractivity contribution in [3.05, 3.63) is 65.5 Å². The lowest BCUT2D eigenvalue weighted by Gasteiger charge is -2.10. The molecule has 0 aliphatic carbocycles. The Hall–Kier alpha value is -3.12. The van der Waals surface area contributed by atoms with Crippen LogP contribution in [-0.2, 0) is 11.3 Å². The van der Waals surface area contributed by atoms with Crippen LogP contribution in [0.25, 0.3) is 22.5 Å². The molecule has 0 saturated heterocycles. The molecule has 0 aliphatic heterocycles. The van der Waals surface area contributed by atoms with Crippen LogP contribution in [0.15, 0.2) is 59.0 Å². The molecule has 0 fully saturated rings. The smallest absolute Gasteiger partial charge is 0.264 e. The van der Waals surface area contributed by atoms with Crippen molar-refractivity contribution in [2.24, 2.45) is 0 Å². The maximum Gasteiger partial charge on any atom is 0.264 e. The van der Waals surface area contributed by atoms with Crippen LogP contribution in [0.1, 0.15) is 5.89 Å². The standard InChI is InChI=1S/C19H15ClN4O2/c1-12-22-23-19(26-12)17-9-13-5-2-3-8-16(13)24(17)11-18(25)21-15-7-4-6-14(20)10-15/h2-10H,11H2,1H3,(H,21,25). The van der Waals surface area contributed by atoms with Gasteiger partial charge in [-0.1, -0.05) is 35.9 Å². The summed E-state index contributed by atoms with van der Waals surface area (Å²) in [5.74, 6) is 0.681. The predicted molar refractivity (Wildman–Crippen MR) is 100 cm³/mol. The van der Waals surface area contributed by atoms with Crippen LogP contribution in [-0.4, -0.2) is 20.7 Å². The number of carbonyl (C=O) groups is 1. The van der Waals surface area contributed by atoms with Crippen LogP contribution >= 0.6 is 11.6 Å². The Morgan fingerprint density at radius 1 is 1.15 bits per heavy atom. The fourth-order valence-corrected chi connectivity index (χ4v) is 3.06. The summed E-state index contributed by atoms with van der Waals surface area (Å²) in [5, 5.41) is 12.4. The highest BCUT2D eigenvalue weighted by Crippen LogP contribution is 2.27. The first-order chi connectivity index (χ1) is 12.6. The molecular formula is C19H15ClN4O2. The van der Waals surface area contributed by atoms with E-state index in [-0.39, 0.29) is 12.5 Å². The third kappa shape index (κ3) is 3.19. The quantitative estimate of drug-likeness (QED) is 0.584. The van der Waals surface area contributed by atoms with Gasteiger partial charge in [0.15, 0.2) is 0 Å². The van der Waals surface area contributed by atoms with Crippen LogP contribution in [0.3, 0.4) is 0 Å². The number of rotatable bonds is 4. The number of carbonyl (C=O) groups excluding carboxylic acids is 1. The van der Waals surface area contributed by atoms with E-state index < -0.39 is 0 Å². The summed E-state index contributed by atoms with van der Waals surface area (Å²) in [5.41, 5.74) is 2.27. The number of amides is 1. The van der Waals surface area contributed by atoms with Crippen molar-refractivity contribution in [3.8, 4) is 11.6 Å². The number of nitrogens with zero attached hydrogens (tertiary/aromatic N) is 3. The second kappa shape index (κ2) is 6.65. The van der Waals surface area contributed by atoms with Gasteiger partial charge >= 0.3 is 0 Å². The van der Waals surface area contributed by atoms with E-state index in [1.807, 2.05) is 34.9 Å². The Morgan fingerprint density at radius 3 is 2.77 bits per heavy atom. The summed E-state index contributed by atoms with van der Waals surface area (Å²) in [6, 6.07) is 16.8. The van der Waals surface area contributed by atoms with E-state index in [2.05, 4.69) is 15.5 Å². The first kappa shape index (κ1) is 16.4. The van der Waals surface area contributed by atoms with E-state index >= 15 is 0 Å². The molecule has 0 atom stereocenters. The second-order valence-corrected chi connectivity index (χ2v) is 6.30. The molecule has 0 bridgehead atoms. The van der Waals surface area contributed by atoms with Crippen molar-refractivity contribution in [3.63, 3.8) is 0 Å². The summed E-state index contributed by atoms with van der Waals surface area (Å²) < 4.78 is 7.43. The molecule has 2 heterocycles. The Labute approximate surface area is 154 Å². The topological polar surface area (TPSA) is 73.0 Å². The number of aromatic nitrogens is 3. The third-order valence-corrected chi connectivity index (χ3v) is 4.20. The molecule has 4 rings (SSSR count). The fourth-order valence-electron chi connectivity index (χ4n) is 2.87. The summed E-state index contributed by atoms with van der Waals surface area (Å²) in [7, 11) is 0. The minimum absolute atomic E-state index is 0.108. The molecular weight excluding hydrogens is 352 g/mol. The molecule has 0 saturated carbocycles. The minimum atomic E-state index is -0.175. The van der Waals surface area contributed by atoms with Gasteiger partial charge in [0.05, 0.1) is 0 Å². The Bertz CT molecular complexity index is 1100. The lowest BCUT2D eigenvalue weighted by Crippen LogP contribution is -2.19. The SMILES string of the molecule is Cc1nnc(-c2cc3ccccc3n2CC(=O)Nc2cccc(Cl)c2)o1. The number of para-hydroxylation sites is 1. The molecule has 130 valence electrons. The van der Waals surface area contributed by atoms with Gasteiger partial charge in [-0.25, -0.2) is 0 Å². The fraction of sp³-hybridized carbons (Fsp3) is 0.105. The van der Waals surface area contributed by atoms with Gasteiger partial charge in [0.25, 0.3) is 5.89 Å². The van der Waals surface area contributed by atoms with E-state index in [4.69, 9.17) is 16.0 Å². The highest BCUT2D eigenvalue weighted by molar-refractivity contribution is 6.30. The van der Waals surface area contributed by atoms with E-state index in [0.717, 1.165) is 10.9 Å². The maximum atomic E-state index is 12.6. The lowest BCUT2D eigenvalue weighted by molar-refractivity contribution is -0.116. The second-order valence-electron chi connectivity index (χ2n) is 5.86. The van der Waals surface area contributed by atoms with E-state index in [0.29, 0.717) is 28.2 Å². The molecule has 0 radical (unpaired) electrons. The number of hydrogen-bond acceptors (Lipinski definition) is 4. The summed E-state index contributed by atoms with van der Waals surface area (Å²) in [6.45, 7) is 1.84. The highest BCUT2D eigenvalue weighted by atomic mass is 35.5. The first-order valence-corrected chi connectivity index (χ1v) is 8.42. The van der Waals surface area contributed by atoms with E-state index in [9.17, 15) is 4.79 Å². The van der Waals surface area contributed by atoms with Crippen molar-refractivity contribution in [1.82, 2.24) is 14.8 Å². The lowest BCUT2D eigenvalue weighted by atomic mass is 10.2. The van der Waals surface area contributed by atoms with Crippen LogP contribution < -0.4 is 5.32 Å². The van der Waals surface area contributed by atoms with Crippen molar-refractivity contribution in [2.75, 3.05) is 5.32 Å². The average Bonchev–Trinajstić information content (AvgIpc) is 3.19. The molecule has 1 amide bonds. The van der Waals surface area contributed by atoms with Gasteiger partial charge in [-0.3, -0.25) is 4.79 Å². The number of fused-ring (bicyclic) bond motifs is 1. The molecule has 6 nitrogen and oxygen atoms in total. The first-order valence-electron chi connectivity index (χ1n) is 8.04. The largest absolute Gasteiger partial charge is 0.420 e. The zero-order valence-electron chi connectivity index (χ0n) is 13.9. The molecule has 1 N–H and O–H groups in total. The Morgan fingerprint density at radius 2 is 2.00 bits per heavy atom. The zero-order chi connectivity index (χ0) is 18.1. The molecule has 0 unspecified atom stereocenters. The maximum absolute atomic E-state index is 12.6. The van der Waals surface area contributed by atoms with E-state index in [1.54, 1.807) is 31.2 Å². The number of benzene rings is 2. The Kier molecular flexibility index (Phi) is 4.18. The molecule has 26 heavy (non-hydrogen) atoms. The van der Waals surface area contributed by atoms with Gasteiger partial charge in [-0.2, -0.15) is 0 Å². The van der Waals surface area contributed by atoms with Crippen molar-refractivity contribution in [1.29, 1.82) is 0 Å². The number of halogens is 1. The summed E-state index contributed by atoms with van der Waals surface area (Å²) in [6.07, 6.45) is 0. The van der Waals surface area contributed by atoms with Crippen molar-refractivity contribution >= 4 is 34.1 Å². The third-order valence-electron chi connectivity index (χ3n) is 3.97. The van der Waals surface area contributed by atoms with Crippen molar-refractivity contribution in [2.45, 2.75) is 13.5 Å². The molecule has 0 aliphatic rings. The van der Waals surface area contributed by atoms with Crippen LogP contribution in [0.5, 0.6) is 0 Å². The summed E-state index contributed by atoms with van der Waals surface area (Å²) >= 11 is 5.97. The molecule has 7 heteroatoms. The van der Waals surface area contributed by atoms with Gasteiger partial charge in [0, 0.05) is 28.5 Å². The van der Waals surface area contributed by atoms with Gasteiger partial charge in [0.2, 0.25) is 11.8 Å². The number of aryl methyl sites for hydroxylation is 1. The molecule has 2 aromatic heterocycles. The van der Waals surface area contributed by atoms with Gasteiger partial charge in [-0.05, 0) is 30.3 Å². The number of hydrogen-bond donors (Lipinski definition) is 1. The highest BCUT2D eigenvalue weighted by Gasteiger charge is 2.17. The van der Waals surface area contributed by atoms with Crippen LogP contribution in [0.2, 0.25) is 5.02 Å². The van der Waals surface area contributed by atoms with Gasteiger partial charge in [0.1, 0.15) is 12.2 Å². The number of nitrogens with one attached hydrogen (secondary N) is 1. The van der Waals surface area contributed by atoms with Crippen LogP contribution in [0.4, 0.5) is 5.69 Å². The van der Waals surface area contributed by atoms with Crippen LogP contribution in [0, 0.1) is 6.92 Å². The van der Waals surface area contributed by atoms with E-state index in [1.165, 1.54) is 0 Å². The average molecular weight is 367 g/mol. The zero-order valence-corrected chi connectivity index (χ0v) is 14.7. The molecule has 4 aromatic rings. The van der Waals surface area contributed by atoms with Crippen molar-refractivity contribution < 1.29 is 9.21 Å². The normalized spacial score (nSPS) is 11.0. The monoisotopic (exact) mass is 366 g/mol. The molecule has 2 aromatic carbocycles. The van der Waals surface area contributed by atoms with Gasteiger partial charge < -0.3 is 14.3 Å². The predicted octanol–water partition coefficient (Wildman–Crippen LogP) is 4.29. The molecule has 0 spiro atoms. The van der Waals surface area contributed by atoms with Gasteiger partial charge in [-0.15, -0.1) is 10.2 Å². The Balaban J connectivity index is 1.69.